The lowest BCUT2D eigenvalue weighted by molar-refractivity contribution is -0.0256. The highest BCUT2D eigenvalue weighted by atomic mass is 16.3. The van der Waals surface area contributed by atoms with Crippen molar-refractivity contribution in [1.29, 1.82) is 0 Å². The topological polar surface area (TPSA) is 87.3 Å². The molecule has 4 rings (SSSR count). The maximum Gasteiger partial charge on any atom is 0.117 e. The first kappa shape index (κ1) is 14.1. The van der Waals surface area contributed by atoms with E-state index in [-0.39, 0.29) is 0 Å². The zero-order chi connectivity index (χ0) is 15.8. The molecule has 0 radical (unpaired) electrons. The highest BCUT2D eigenvalue weighted by molar-refractivity contribution is 5.77. The van der Waals surface area contributed by atoms with Gasteiger partial charge in [0.1, 0.15) is 12.1 Å². The van der Waals surface area contributed by atoms with Gasteiger partial charge in [-0.05, 0) is 24.6 Å². The highest BCUT2D eigenvalue weighted by Gasteiger charge is 2.39. The Kier molecular flexibility index (Phi) is 3.44. The molecule has 0 aromatic carbocycles. The smallest absolute Gasteiger partial charge is 0.117 e. The number of piperidine rings is 1. The summed E-state index contributed by atoms with van der Waals surface area (Å²) in [5, 5.41) is 27.9. The predicted octanol–water partition coefficient (Wildman–Crippen LogP) is 0.631. The van der Waals surface area contributed by atoms with Gasteiger partial charge >= 0.3 is 0 Å². The molecule has 1 saturated heterocycles. The fourth-order valence-corrected chi connectivity index (χ4v) is 3.12. The number of aliphatic hydroxyl groups excluding tert-OH is 2. The van der Waals surface area contributed by atoms with Gasteiger partial charge in [-0.15, -0.1) is 0 Å². The number of aliphatic hydroxyl groups is 2. The molecule has 4 heterocycles. The molecule has 0 spiro atoms. The number of hydrogen-bond acceptors (Lipinski definition) is 6. The average molecular weight is 311 g/mol. The molecule has 0 aliphatic carbocycles. The van der Waals surface area contributed by atoms with Gasteiger partial charge in [0.25, 0.3) is 0 Å². The Morgan fingerprint density at radius 3 is 2.83 bits per heavy atom. The first-order valence-electron chi connectivity index (χ1n) is 7.57. The number of pyridine rings is 2. The van der Waals surface area contributed by atoms with Crippen molar-refractivity contribution in [3.63, 3.8) is 0 Å². The second-order valence-corrected chi connectivity index (χ2v) is 5.68. The standard InChI is InChI=1S/C16H17N5O2/c22-14-5-8-20(15(16(14)23)12-3-1-2-6-18-12)21-13-4-7-17-9-11(13)10-19-21/h1-4,6-7,9-10,14-16,22-23H,5,8H2. The maximum absolute atomic E-state index is 10.5. The normalized spacial score (nSPS) is 25.0. The summed E-state index contributed by atoms with van der Waals surface area (Å²) in [5.74, 6) is 0. The van der Waals surface area contributed by atoms with E-state index in [2.05, 4.69) is 15.1 Å². The van der Waals surface area contributed by atoms with Crippen LogP contribution in [-0.2, 0) is 0 Å². The minimum Gasteiger partial charge on any atom is -0.390 e. The van der Waals surface area contributed by atoms with Crippen LogP contribution in [0.5, 0.6) is 0 Å². The summed E-state index contributed by atoms with van der Waals surface area (Å²) in [5.41, 5.74) is 1.61. The molecular formula is C16H17N5O2. The zero-order valence-electron chi connectivity index (χ0n) is 12.4. The third kappa shape index (κ3) is 2.34. The van der Waals surface area contributed by atoms with Crippen molar-refractivity contribution in [3.05, 3.63) is 54.7 Å². The van der Waals surface area contributed by atoms with Crippen molar-refractivity contribution in [2.24, 2.45) is 0 Å². The van der Waals surface area contributed by atoms with Crippen molar-refractivity contribution in [2.45, 2.75) is 24.7 Å². The van der Waals surface area contributed by atoms with Crippen molar-refractivity contribution >= 4 is 10.9 Å². The molecule has 7 nitrogen and oxygen atoms in total. The quantitative estimate of drug-likeness (QED) is 0.722. The molecule has 3 aromatic heterocycles. The van der Waals surface area contributed by atoms with Gasteiger partial charge in [0.15, 0.2) is 0 Å². The van der Waals surface area contributed by atoms with Crippen LogP contribution in [0, 0.1) is 0 Å². The SMILES string of the molecule is OC1CCN(n2ncc3cnccc32)C(c2ccccn2)C1O. The molecule has 7 heteroatoms. The van der Waals surface area contributed by atoms with Gasteiger partial charge in [0.2, 0.25) is 0 Å². The minimum absolute atomic E-state index is 0.462. The Morgan fingerprint density at radius 1 is 1.09 bits per heavy atom. The van der Waals surface area contributed by atoms with E-state index in [9.17, 15) is 10.2 Å². The van der Waals surface area contributed by atoms with E-state index in [1.807, 2.05) is 29.3 Å². The van der Waals surface area contributed by atoms with Gasteiger partial charge in [0, 0.05) is 30.5 Å². The van der Waals surface area contributed by atoms with Gasteiger partial charge in [-0.3, -0.25) is 15.0 Å². The number of aromatic nitrogens is 4. The van der Waals surface area contributed by atoms with Gasteiger partial charge in [-0.1, -0.05) is 6.07 Å². The maximum atomic E-state index is 10.5. The van der Waals surface area contributed by atoms with E-state index in [4.69, 9.17) is 0 Å². The first-order valence-corrected chi connectivity index (χ1v) is 7.57. The molecule has 0 saturated carbocycles. The molecular weight excluding hydrogens is 294 g/mol. The Hall–Kier alpha value is -2.51. The van der Waals surface area contributed by atoms with Crippen molar-refractivity contribution in [1.82, 2.24) is 19.9 Å². The lowest BCUT2D eigenvalue weighted by Gasteiger charge is -2.42. The first-order chi connectivity index (χ1) is 11.3. The van der Waals surface area contributed by atoms with Gasteiger partial charge in [-0.2, -0.15) is 9.89 Å². The molecule has 0 amide bonds. The summed E-state index contributed by atoms with van der Waals surface area (Å²) in [6.07, 6.45) is 5.66. The van der Waals surface area contributed by atoms with Crippen molar-refractivity contribution in [3.8, 4) is 0 Å². The zero-order valence-corrected chi connectivity index (χ0v) is 12.4. The third-order valence-corrected chi connectivity index (χ3v) is 4.28. The van der Waals surface area contributed by atoms with Crippen LogP contribution in [0.4, 0.5) is 0 Å². The number of hydrogen-bond donors (Lipinski definition) is 2. The lowest BCUT2D eigenvalue weighted by atomic mass is 9.94. The van der Waals surface area contributed by atoms with Crippen LogP contribution in [0.2, 0.25) is 0 Å². The van der Waals surface area contributed by atoms with Crippen molar-refractivity contribution in [2.75, 3.05) is 11.6 Å². The fraction of sp³-hybridized carbons (Fsp3) is 0.312. The van der Waals surface area contributed by atoms with Gasteiger partial charge < -0.3 is 10.2 Å². The summed E-state index contributed by atoms with van der Waals surface area (Å²) in [6.45, 7) is 0.568. The molecule has 0 bridgehead atoms. The van der Waals surface area contributed by atoms with Crippen LogP contribution in [0.1, 0.15) is 18.2 Å². The van der Waals surface area contributed by atoms with E-state index in [0.29, 0.717) is 18.7 Å². The van der Waals surface area contributed by atoms with Crippen LogP contribution in [0.3, 0.4) is 0 Å². The fourth-order valence-electron chi connectivity index (χ4n) is 3.12. The van der Waals surface area contributed by atoms with Crippen LogP contribution in [0.25, 0.3) is 10.9 Å². The van der Waals surface area contributed by atoms with Crippen LogP contribution < -0.4 is 5.01 Å². The average Bonchev–Trinajstić information content (AvgIpc) is 3.02. The van der Waals surface area contributed by atoms with Crippen LogP contribution in [-0.4, -0.2) is 48.8 Å². The monoisotopic (exact) mass is 311 g/mol. The molecule has 3 atom stereocenters. The van der Waals surface area contributed by atoms with E-state index in [0.717, 1.165) is 10.9 Å². The number of fused-ring (bicyclic) bond motifs is 1. The van der Waals surface area contributed by atoms with E-state index in [1.165, 1.54) is 0 Å². The number of rotatable bonds is 2. The summed E-state index contributed by atoms with van der Waals surface area (Å²) in [4.78, 5) is 10.2. The Bertz CT molecular complexity index is 806. The van der Waals surface area contributed by atoms with Crippen LogP contribution in [0.15, 0.2) is 49.1 Å². The minimum atomic E-state index is -0.931. The van der Waals surface area contributed by atoms with Crippen molar-refractivity contribution < 1.29 is 10.2 Å². The number of nitrogens with zero attached hydrogens (tertiary/aromatic N) is 5. The van der Waals surface area contributed by atoms with Gasteiger partial charge in [-0.25, -0.2) is 0 Å². The van der Waals surface area contributed by atoms with Gasteiger partial charge in [0.05, 0.1) is 23.5 Å². The molecule has 1 fully saturated rings. The largest absolute Gasteiger partial charge is 0.390 e. The molecule has 3 unspecified atom stereocenters. The molecule has 23 heavy (non-hydrogen) atoms. The van der Waals surface area contributed by atoms with Crippen LogP contribution >= 0.6 is 0 Å². The Balaban J connectivity index is 1.82. The highest BCUT2D eigenvalue weighted by Crippen LogP contribution is 2.30. The molecule has 118 valence electrons. The summed E-state index contributed by atoms with van der Waals surface area (Å²) < 4.78 is 0. The molecule has 1 aliphatic rings. The summed E-state index contributed by atoms with van der Waals surface area (Å²) in [7, 11) is 0. The molecule has 1 aliphatic heterocycles. The summed E-state index contributed by atoms with van der Waals surface area (Å²) in [6, 6.07) is 6.98. The molecule has 2 N–H and O–H groups in total. The third-order valence-electron chi connectivity index (χ3n) is 4.28. The van der Waals surface area contributed by atoms with E-state index < -0.39 is 18.2 Å². The van der Waals surface area contributed by atoms with E-state index >= 15 is 0 Å². The predicted molar refractivity (Wildman–Crippen MR) is 84.2 cm³/mol. The Morgan fingerprint density at radius 2 is 2.00 bits per heavy atom. The van der Waals surface area contributed by atoms with E-state index in [1.54, 1.807) is 29.6 Å². The lowest BCUT2D eigenvalue weighted by Crippen LogP contribution is -2.54. The molecule has 3 aromatic rings. The second kappa shape index (κ2) is 5.60. The second-order valence-electron chi connectivity index (χ2n) is 5.68. The Labute approximate surface area is 132 Å². The summed E-state index contributed by atoms with van der Waals surface area (Å²) >= 11 is 0.